The van der Waals surface area contributed by atoms with E-state index in [2.05, 4.69) is 9.97 Å². The van der Waals surface area contributed by atoms with E-state index in [0.29, 0.717) is 22.3 Å². The van der Waals surface area contributed by atoms with Gasteiger partial charge >= 0.3 is 0 Å². The molecule has 0 N–H and O–H groups in total. The highest BCUT2D eigenvalue weighted by Crippen LogP contribution is 2.32. The summed E-state index contributed by atoms with van der Waals surface area (Å²) < 4.78 is 0.886. The van der Waals surface area contributed by atoms with Gasteiger partial charge < -0.3 is 0 Å². The second kappa shape index (κ2) is 8.56. The van der Waals surface area contributed by atoms with Crippen LogP contribution in [0.5, 0.6) is 0 Å². The van der Waals surface area contributed by atoms with Crippen LogP contribution in [0, 0.1) is 10.1 Å². The first-order valence-electron chi connectivity index (χ1n) is 8.98. The van der Waals surface area contributed by atoms with E-state index in [1.165, 1.54) is 23.5 Å². The summed E-state index contributed by atoms with van der Waals surface area (Å²) in [4.78, 5) is 33.9. The Kier molecular flexibility index (Phi) is 5.69. The van der Waals surface area contributed by atoms with Gasteiger partial charge in [-0.05, 0) is 35.4 Å². The summed E-state index contributed by atoms with van der Waals surface area (Å²) in [6.45, 7) is 0.313. The van der Waals surface area contributed by atoms with Gasteiger partial charge in [-0.2, -0.15) is 0 Å². The van der Waals surface area contributed by atoms with Crippen LogP contribution in [0.25, 0.3) is 10.2 Å². The number of amides is 1. The van der Waals surface area contributed by atoms with Crippen molar-refractivity contribution in [3.05, 3.63) is 93.3 Å². The third kappa shape index (κ3) is 4.45. The normalized spacial score (nSPS) is 10.8. The van der Waals surface area contributed by atoms with Gasteiger partial charge in [0.25, 0.3) is 5.69 Å². The summed E-state index contributed by atoms with van der Waals surface area (Å²) >= 11 is 7.47. The number of halogens is 1. The van der Waals surface area contributed by atoms with Gasteiger partial charge in [0.05, 0.1) is 28.1 Å². The molecule has 2 aromatic heterocycles. The number of nitrogens with zero attached hydrogens (tertiary/aromatic N) is 4. The Morgan fingerprint density at radius 3 is 2.63 bits per heavy atom. The SMILES string of the molecule is O=C(Cc1ccc([N+](=O)[O-])cc1)N(Cc1cccnc1)c1nc2ccc(Cl)cc2s1. The molecule has 0 unspecified atom stereocenters. The minimum Gasteiger partial charge on any atom is -0.283 e. The van der Waals surface area contributed by atoms with E-state index in [1.807, 2.05) is 24.3 Å². The van der Waals surface area contributed by atoms with Gasteiger partial charge in [-0.1, -0.05) is 41.1 Å². The van der Waals surface area contributed by atoms with Crippen LogP contribution in [0.2, 0.25) is 5.02 Å². The summed E-state index contributed by atoms with van der Waals surface area (Å²) in [5.74, 6) is -0.169. The third-order valence-corrected chi connectivity index (χ3v) is 5.71. The van der Waals surface area contributed by atoms with Crippen molar-refractivity contribution >= 4 is 49.9 Å². The number of thiazole rings is 1. The molecule has 30 heavy (non-hydrogen) atoms. The van der Waals surface area contributed by atoms with Crippen molar-refractivity contribution in [1.82, 2.24) is 9.97 Å². The number of fused-ring (bicyclic) bond motifs is 1. The summed E-state index contributed by atoms with van der Waals surface area (Å²) in [6.07, 6.45) is 3.47. The molecule has 0 aliphatic carbocycles. The Labute approximate surface area is 180 Å². The molecule has 0 fully saturated rings. The zero-order chi connectivity index (χ0) is 21.1. The van der Waals surface area contributed by atoms with Crippen molar-refractivity contribution < 1.29 is 9.72 Å². The number of nitro benzene ring substituents is 1. The van der Waals surface area contributed by atoms with E-state index in [9.17, 15) is 14.9 Å². The van der Waals surface area contributed by atoms with Gasteiger partial charge in [-0.25, -0.2) is 4.98 Å². The molecule has 7 nitrogen and oxygen atoms in total. The van der Waals surface area contributed by atoms with Gasteiger partial charge in [-0.15, -0.1) is 0 Å². The fourth-order valence-corrected chi connectivity index (χ4v) is 4.20. The number of benzene rings is 2. The minimum absolute atomic E-state index is 0.0125. The Bertz CT molecular complexity index is 1210. The van der Waals surface area contributed by atoms with Crippen LogP contribution in [0.15, 0.2) is 67.0 Å². The van der Waals surface area contributed by atoms with Gasteiger partial charge in [0, 0.05) is 29.5 Å². The lowest BCUT2D eigenvalue weighted by Crippen LogP contribution is -2.31. The Hall–Kier alpha value is -3.36. The highest BCUT2D eigenvalue weighted by molar-refractivity contribution is 7.22. The zero-order valence-corrected chi connectivity index (χ0v) is 17.1. The topological polar surface area (TPSA) is 89.2 Å². The number of non-ortho nitro benzene ring substituents is 1. The first kappa shape index (κ1) is 19.9. The van der Waals surface area contributed by atoms with Gasteiger partial charge in [-0.3, -0.25) is 24.8 Å². The van der Waals surface area contributed by atoms with E-state index < -0.39 is 4.92 Å². The second-order valence-corrected chi connectivity index (χ2v) is 8.00. The minimum atomic E-state index is -0.466. The lowest BCUT2D eigenvalue weighted by molar-refractivity contribution is -0.384. The van der Waals surface area contributed by atoms with Crippen LogP contribution in [0.4, 0.5) is 10.8 Å². The molecular weight excluding hydrogens is 424 g/mol. The number of carbonyl (C=O) groups excluding carboxylic acids is 1. The Balaban J connectivity index is 1.65. The van der Waals surface area contributed by atoms with E-state index in [4.69, 9.17) is 11.6 Å². The third-order valence-electron chi connectivity index (χ3n) is 4.44. The highest BCUT2D eigenvalue weighted by atomic mass is 35.5. The highest BCUT2D eigenvalue weighted by Gasteiger charge is 2.21. The molecule has 0 saturated heterocycles. The van der Waals surface area contributed by atoms with Crippen molar-refractivity contribution in [3.63, 3.8) is 0 Å². The molecule has 0 spiro atoms. The largest absolute Gasteiger partial charge is 0.283 e. The number of carbonyl (C=O) groups is 1. The molecule has 0 atom stereocenters. The summed E-state index contributed by atoms with van der Waals surface area (Å²) in [5.41, 5.74) is 2.30. The maximum Gasteiger partial charge on any atom is 0.269 e. The standard InChI is InChI=1S/C21H15ClN4O3S/c22-16-5-8-18-19(11-16)30-21(24-18)25(13-15-2-1-9-23-12-15)20(27)10-14-3-6-17(7-4-14)26(28)29/h1-9,11-12H,10,13H2. The molecule has 0 aliphatic rings. The number of nitro groups is 1. The molecule has 4 rings (SSSR count). The Morgan fingerprint density at radius 2 is 1.93 bits per heavy atom. The number of rotatable bonds is 6. The fraction of sp³-hybridized carbons (Fsp3) is 0.0952. The molecule has 1 amide bonds. The molecule has 9 heteroatoms. The van der Waals surface area contributed by atoms with E-state index in [1.54, 1.807) is 35.5 Å². The maximum atomic E-state index is 13.2. The fourth-order valence-electron chi connectivity index (χ4n) is 2.94. The summed E-state index contributed by atoms with van der Waals surface area (Å²) in [7, 11) is 0. The lowest BCUT2D eigenvalue weighted by Gasteiger charge is -2.20. The monoisotopic (exact) mass is 438 g/mol. The number of aromatic nitrogens is 2. The van der Waals surface area contributed by atoms with E-state index in [-0.39, 0.29) is 18.0 Å². The van der Waals surface area contributed by atoms with Crippen molar-refractivity contribution in [2.75, 3.05) is 4.90 Å². The Morgan fingerprint density at radius 1 is 1.13 bits per heavy atom. The molecule has 0 bridgehead atoms. The quantitative estimate of drug-likeness (QED) is 0.311. The summed E-state index contributed by atoms with van der Waals surface area (Å²) in [6, 6.07) is 15.1. The van der Waals surface area contributed by atoms with E-state index >= 15 is 0 Å². The molecule has 0 aliphatic heterocycles. The molecule has 2 aromatic carbocycles. The van der Waals surface area contributed by atoms with Crippen LogP contribution in [-0.4, -0.2) is 20.8 Å². The zero-order valence-electron chi connectivity index (χ0n) is 15.6. The average molecular weight is 439 g/mol. The first-order chi connectivity index (χ1) is 14.5. The molecule has 4 aromatic rings. The number of hydrogen-bond donors (Lipinski definition) is 0. The van der Waals surface area contributed by atoms with Crippen LogP contribution < -0.4 is 4.90 Å². The first-order valence-corrected chi connectivity index (χ1v) is 10.2. The number of pyridine rings is 1. The average Bonchev–Trinajstić information content (AvgIpc) is 3.15. The smallest absolute Gasteiger partial charge is 0.269 e. The second-order valence-electron chi connectivity index (χ2n) is 6.55. The summed E-state index contributed by atoms with van der Waals surface area (Å²) in [5, 5.41) is 12.0. The predicted molar refractivity (Wildman–Crippen MR) is 117 cm³/mol. The molecule has 2 heterocycles. The van der Waals surface area contributed by atoms with Crippen LogP contribution in [0.1, 0.15) is 11.1 Å². The maximum absolute atomic E-state index is 13.2. The van der Waals surface area contributed by atoms with Crippen LogP contribution in [0.3, 0.4) is 0 Å². The van der Waals surface area contributed by atoms with Crippen molar-refractivity contribution in [1.29, 1.82) is 0 Å². The molecule has 150 valence electrons. The molecule has 0 saturated carbocycles. The molecular formula is C21H15ClN4O3S. The lowest BCUT2D eigenvalue weighted by atomic mass is 10.1. The van der Waals surface area contributed by atoms with Gasteiger partial charge in [0.1, 0.15) is 0 Å². The van der Waals surface area contributed by atoms with Gasteiger partial charge in [0.2, 0.25) is 5.91 Å². The van der Waals surface area contributed by atoms with E-state index in [0.717, 1.165) is 15.8 Å². The van der Waals surface area contributed by atoms with Gasteiger partial charge in [0.15, 0.2) is 5.13 Å². The van der Waals surface area contributed by atoms with Crippen molar-refractivity contribution in [2.45, 2.75) is 13.0 Å². The van der Waals surface area contributed by atoms with Crippen LogP contribution >= 0.6 is 22.9 Å². The number of hydrogen-bond acceptors (Lipinski definition) is 6. The van der Waals surface area contributed by atoms with Crippen molar-refractivity contribution in [3.8, 4) is 0 Å². The molecule has 0 radical (unpaired) electrons. The number of anilines is 1. The van der Waals surface area contributed by atoms with Crippen LogP contribution in [-0.2, 0) is 17.8 Å². The van der Waals surface area contributed by atoms with Crippen molar-refractivity contribution in [2.24, 2.45) is 0 Å². The predicted octanol–water partition coefficient (Wildman–Crippen LogP) is 5.03.